The fraction of sp³-hybridized carbons (Fsp3) is 0.409. The molecule has 0 aliphatic carbocycles. The van der Waals surface area contributed by atoms with Gasteiger partial charge in [-0.05, 0) is 56.4 Å². The third kappa shape index (κ3) is 7.02. The van der Waals surface area contributed by atoms with Crippen molar-refractivity contribution in [3.05, 3.63) is 71.0 Å². The predicted octanol–water partition coefficient (Wildman–Crippen LogP) is 4.34. The molecule has 4 nitrogen and oxygen atoms in total. The average Bonchev–Trinajstić information content (AvgIpc) is 2.60. The van der Waals surface area contributed by atoms with Gasteiger partial charge in [-0.3, -0.25) is 0 Å². The number of nitrogens with zero attached hydrogens (tertiary/aromatic N) is 1. The first-order valence-corrected chi connectivity index (χ1v) is 9.18. The molecule has 0 atom stereocenters. The zero-order valence-electron chi connectivity index (χ0n) is 16.2. The van der Waals surface area contributed by atoms with Crippen LogP contribution < -0.4 is 0 Å². The number of aliphatic hydroxyl groups excluding tert-OH is 1. The largest absolute Gasteiger partial charge is 0.444 e. The highest BCUT2D eigenvalue weighted by molar-refractivity contribution is 5.68. The van der Waals surface area contributed by atoms with E-state index in [1.165, 1.54) is 6.07 Å². The smallest absolute Gasteiger partial charge is 0.410 e. The lowest BCUT2D eigenvalue weighted by atomic mass is 10.1. The first-order valence-electron chi connectivity index (χ1n) is 9.18. The van der Waals surface area contributed by atoms with E-state index in [4.69, 9.17) is 9.84 Å². The van der Waals surface area contributed by atoms with Crippen LogP contribution in [0.3, 0.4) is 0 Å². The van der Waals surface area contributed by atoms with Gasteiger partial charge in [0.2, 0.25) is 0 Å². The molecule has 0 fully saturated rings. The van der Waals surface area contributed by atoms with Crippen LogP contribution in [0.2, 0.25) is 0 Å². The Morgan fingerprint density at radius 1 is 1.04 bits per heavy atom. The fourth-order valence-corrected chi connectivity index (χ4v) is 2.68. The number of benzene rings is 2. The van der Waals surface area contributed by atoms with Gasteiger partial charge in [-0.25, -0.2) is 9.18 Å². The maximum absolute atomic E-state index is 13.9. The molecule has 146 valence electrons. The number of rotatable bonds is 7. The Labute approximate surface area is 160 Å². The normalized spacial score (nSPS) is 11.3. The Morgan fingerprint density at radius 3 is 2.26 bits per heavy atom. The van der Waals surface area contributed by atoms with E-state index in [2.05, 4.69) is 0 Å². The molecule has 0 aromatic heterocycles. The molecule has 5 heteroatoms. The highest BCUT2D eigenvalue weighted by Crippen LogP contribution is 2.15. The number of aliphatic hydroxyl groups is 1. The number of amides is 1. The molecule has 0 bridgehead atoms. The van der Waals surface area contributed by atoms with Crippen LogP contribution in [-0.2, 0) is 24.1 Å². The number of hydrogen-bond acceptors (Lipinski definition) is 3. The van der Waals surface area contributed by atoms with Crippen molar-refractivity contribution in [2.75, 3.05) is 13.2 Å². The molecule has 0 saturated carbocycles. The summed E-state index contributed by atoms with van der Waals surface area (Å²) < 4.78 is 19.4. The summed E-state index contributed by atoms with van der Waals surface area (Å²) in [6.07, 6.45) is 0.593. The van der Waals surface area contributed by atoms with Gasteiger partial charge in [-0.15, -0.1) is 0 Å². The second kappa shape index (κ2) is 9.51. The lowest BCUT2D eigenvalue weighted by Crippen LogP contribution is -2.37. The molecule has 2 aromatic carbocycles. The number of carbonyl (C=O) groups excluding carboxylic acids is 1. The molecule has 0 heterocycles. The van der Waals surface area contributed by atoms with Crippen LogP contribution in [0.4, 0.5) is 9.18 Å². The van der Waals surface area contributed by atoms with Crippen LogP contribution in [0, 0.1) is 5.82 Å². The van der Waals surface area contributed by atoms with Crippen molar-refractivity contribution in [2.45, 2.75) is 45.8 Å². The van der Waals surface area contributed by atoms with Gasteiger partial charge in [0, 0.05) is 19.7 Å². The Hall–Kier alpha value is -2.40. The van der Waals surface area contributed by atoms with Gasteiger partial charge in [-0.1, -0.05) is 42.5 Å². The lowest BCUT2D eigenvalue weighted by molar-refractivity contribution is 0.0235. The molecule has 0 radical (unpaired) electrons. The van der Waals surface area contributed by atoms with Gasteiger partial charge in [0.05, 0.1) is 0 Å². The first-order chi connectivity index (χ1) is 12.8. The standard InChI is InChI=1S/C22H28FNO3/c1-22(2,3)27-21(26)24(14-12-19-6-4-5-7-20(19)23)16-18-10-8-17(9-11-18)13-15-25/h4-11,25H,12-16H2,1-3H3. The minimum atomic E-state index is -0.599. The van der Waals surface area contributed by atoms with E-state index in [1.54, 1.807) is 23.1 Å². The molecule has 1 amide bonds. The number of ether oxygens (including phenoxy) is 1. The molecule has 0 unspecified atom stereocenters. The van der Waals surface area contributed by atoms with Crippen molar-refractivity contribution in [3.8, 4) is 0 Å². The molecule has 1 N–H and O–H groups in total. The summed E-state index contributed by atoms with van der Waals surface area (Å²) in [5.41, 5.74) is 1.97. The van der Waals surface area contributed by atoms with Gasteiger partial charge < -0.3 is 14.7 Å². The summed E-state index contributed by atoms with van der Waals surface area (Å²) in [5, 5.41) is 9.02. The summed E-state index contributed by atoms with van der Waals surface area (Å²) in [5.74, 6) is -0.269. The Kier molecular flexibility index (Phi) is 7.36. The maximum Gasteiger partial charge on any atom is 0.410 e. The van der Waals surface area contributed by atoms with Gasteiger partial charge in [0.1, 0.15) is 11.4 Å². The summed E-state index contributed by atoms with van der Waals surface area (Å²) in [7, 11) is 0. The van der Waals surface area contributed by atoms with Crippen LogP contribution in [0.1, 0.15) is 37.5 Å². The monoisotopic (exact) mass is 373 g/mol. The number of halogens is 1. The maximum atomic E-state index is 13.9. The van der Waals surface area contributed by atoms with Crippen LogP contribution in [-0.4, -0.2) is 34.9 Å². The summed E-state index contributed by atoms with van der Waals surface area (Å²) >= 11 is 0. The van der Waals surface area contributed by atoms with Crippen molar-refractivity contribution in [1.82, 2.24) is 4.90 Å². The van der Waals surface area contributed by atoms with E-state index < -0.39 is 11.7 Å². The van der Waals surface area contributed by atoms with E-state index in [1.807, 2.05) is 45.0 Å². The Morgan fingerprint density at radius 2 is 1.67 bits per heavy atom. The van der Waals surface area contributed by atoms with Crippen LogP contribution in [0.25, 0.3) is 0 Å². The van der Waals surface area contributed by atoms with E-state index >= 15 is 0 Å². The molecule has 27 heavy (non-hydrogen) atoms. The molecule has 0 spiro atoms. The minimum absolute atomic E-state index is 0.103. The molecular formula is C22H28FNO3. The average molecular weight is 373 g/mol. The topological polar surface area (TPSA) is 49.8 Å². The van der Waals surface area contributed by atoms with Crippen molar-refractivity contribution >= 4 is 6.09 Å². The second-order valence-electron chi connectivity index (χ2n) is 7.53. The highest BCUT2D eigenvalue weighted by atomic mass is 19.1. The van der Waals surface area contributed by atoms with Crippen LogP contribution in [0.5, 0.6) is 0 Å². The molecule has 0 aliphatic rings. The molecule has 0 aliphatic heterocycles. The molecule has 2 rings (SSSR count). The Bertz CT molecular complexity index is 738. The molecule has 0 saturated heterocycles. The molecule has 2 aromatic rings. The number of hydrogen-bond donors (Lipinski definition) is 1. The zero-order valence-corrected chi connectivity index (χ0v) is 16.2. The summed E-state index contributed by atoms with van der Waals surface area (Å²) in [6.45, 7) is 6.31. The fourth-order valence-electron chi connectivity index (χ4n) is 2.68. The van der Waals surface area contributed by atoms with Crippen molar-refractivity contribution in [3.63, 3.8) is 0 Å². The third-order valence-electron chi connectivity index (χ3n) is 4.06. The van der Waals surface area contributed by atoms with E-state index in [0.717, 1.165) is 11.1 Å². The van der Waals surface area contributed by atoms with Gasteiger partial charge >= 0.3 is 6.09 Å². The lowest BCUT2D eigenvalue weighted by Gasteiger charge is -2.27. The third-order valence-corrected chi connectivity index (χ3v) is 4.06. The SMILES string of the molecule is CC(C)(C)OC(=O)N(CCc1ccccc1F)Cc1ccc(CCO)cc1. The highest BCUT2D eigenvalue weighted by Gasteiger charge is 2.22. The van der Waals surface area contributed by atoms with Crippen molar-refractivity contribution in [2.24, 2.45) is 0 Å². The number of carbonyl (C=O) groups is 1. The zero-order chi connectivity index (χ0) is 19.9. The van der Waals surface area contributed by atoms with Gasteiger partial charge in [0.15, 0.2) is 0 Å². The summed E-state index contributed by atoms with van der Waals surface area (Å²) in [6, 6.07) is 14.3. The van der Waals surface area contributed by atoms with Crippen molar-refractivity contribution in [1.29, 1.82) is 0 Å². The van der Waals surface area contributed by atoms with Gasteiger partial charge in [0.25, 0.3) is 0 Å². The van der Waals surface area contributed by atoms with E-state index in [0.29, 0.717) is 31.5 Å². The van der Waals surface area contributed by atoms with Crippen LogP contribution in [0.15, 0.2) is 48.5 Å². The summed E-state index contributed by atoms with van der Waals surface area (Å²) in [4.78, 5) is 14.2. The predicted molar refractivity (Wildman–Crippen MR) is 104 cm³/mol. The van der Waals surface area contributed by atoms with Gasteiger partial charge in [-0.2, -0.15) is 0 Å². The van der Waals surface area contributed by atoms with E-state index in [9.17, 15) is 9.18 Å². The second-order valence-corrected chi connectivity index (χ2v) is 7.53. The van der Waals surface area contributed by atoms with Crippen LogP contribution >= 0.6 is 0 Å². The first kappa shape index (κ1) is 20.9. The Balaban J connectivity index is 2.11. The van der Waals surface area contributed by atoms with Crippen molar-refractivity contribution < 1.29 is 19.0 Å². The molecular weight excluding hydrogens is 345 g/mol. The quantitative estimate of drug-likeness (QED) is 0.785. The van der Waals surface area contributed by atoms with E-state index in [-0.39, 0.29) is 12.4 Å². The minimum Gasteiger partial charge on any atom is -0.444 e.